The number of benzene rings is 2. The first-order valence-corrected chi connectivity index (χ1v) is 11.4. The lowest BCUT2D eigenvalue weighted by Crippen LogP contribution is -2.49. The molecule has 0 radical (unpaired) electrons. The summed E-state index contributed by atoms with van der Waals surface area (Å²) in [4.78, 5) is 28.1. The fourth-order valence-electron chi connectivity index (χ4n) is 4.59. The Kier molecular flexibility index (Phi) is 6.20. The Morgan fingerprint density at radius 2 is 1.81 bits per heavy atom. The summed E-state index contributed by atoms with van der Waals surface area (Å²) < 4.78 is 5.88. The number of carbonyl (C=O) groups is 2. The second kappa shape index (κ2) is 8.90. The van der Waals surface area contributed by atoms with Gasteiger partial charge in [-0.1, -0.05) is 41.5 Å². The van der Waals surface area contributed by atoms with Crippen LogP contribution in [0.5, 0.6) is 0 Å². The van der Waals surface area contributed by atoms with Crippen LogP contribution in [0.2, 0.25) is 0 Å². The average Bonchev–Trinajstić information content (AvgIpc) is 3.02. The quantitative estimate of drug-likeness (QED) is 0.538. The molecule has 2 saturated heterocycles. The van der Waals surface area contributed by atoms with Gasteiger partial charge in [0.05, 0.1) is 6.54 Å². The van der Waals surface area contributed by atoms with Crippen LogP contribution in [0.15, 0.2) is 42.5 Å². The van der Waals surface area contributed by atoms with E-state index in [4.69, 9.17) is 17.0 Å². The van der Waals surface area contributed by atoms with Gasteiger partial charge in [0.1, 0.15) is 5.60 Å². The van der Waals surface area contributed by atoms with E-state index in [1.807, 2.05) is 23.1 Å². The maximum Gasteiger partial charge on any atom is 0.410 e. The van der Waals surface area contributed by atoms with Gasteiger partial charge in [-0.05, 0) is 50.7 Å². The van der Waals surface area contributed by atoms with Crippen molar-refractivity contribution in [3.63, 3.8) is 0 Å². The number of hydrogen-bond donors (Lipinski definition) is 1. The SMILES string of the molecule is CC(=O)c1cccc(NC(=S)N2CCC3(CC2)CN(Cc2cc(C)cc(C)c2)C(=O)O3)c1. The fourth-order valence-corrected chi connectivity index (χ4v) is 4.89. The zero-order valence-electron chi connectivity index (χ0n) is 18.8. The molecular formula is C25H29N3O3S. The lowest BCUT2D eigenvalue weighted by molar-refractivity contribution is 0.0152. The van der Waals surface area contributed by atoms with Gasteiger partial charge < -0.3 is 15.0 Å². The Morgan fingerprint density at radius 3 is 2.47 bits per heavy atom. The number of nitrogens with one attached hydrogen (secondary N) is 1. The van der Waals surface area contributed by atoms with E-state index in [-0.39, 0.29) is 11.9 Å². The van der Waals surface area contributed by atoms with Crippen molar-refractivity contribution < 1.29 is 14.3 Å². The molecule has 1 amide bonds. The van der Waals surface area contributed by atoms with E-state index >= 15 is 0 Å². The third kappa shape index (κ3) is 4.93. The zero-order chi connectivity index (χ0) is 22.9. The number of likely N-dealkylation sites (tertiary alicyclic amines) is 1. The predicted molar refractivity (Wildman–Crippen MR) is 129 cm³/mol. The van der Waals surface area contributed by atoms with E-state index < -0.39 is 5.60 Å². The summed E-state index contributed by atoms with van der Waals surface area (Å²) in [7, 11) is 0. The molecule has 2 fully saturated rings. The van der Waals surface area contributed by atoms with E-state index in [2.05, 4.69) is 42.3 Å². The van der Waals surface area contributed by atoms with Crippen LogP contribution in [-0.2, 0) is 11.3 Å². The van der Waals surface area contributed by atoms with Gasteiger partial charge in [0.15, 0.2) is 10.9 Å². The third-order valence-electron chi connectivity index (χ3n) is 6.18. The maximum absolute atomic E-state index is 12.6. The van der Waals surface area contributed by atoms with Gasteiger partial charge in [-0.25, -0.2) is 4.79 Å². The molecular weight excluding hydrogens is 422 g/mol. The predicted octanol–water partition coefficient (Wildman–Crippen LogP) is 4.69. The highest BCUT2D eigenvalue weighted by Gasteiger charge is 2.47. The first-order valence-electron chi connectivity index (χ1n) is 11.0. The van der Waals surface area contributed by atoms with Crippen molar-refractivity contribution in [3.8, 4) is 0 Å². The van der Waals surface area contributed by atoms with Gasteiger partial charge in [-0.15, -0.1) is 0 Å². The van der Waals surface area contributed by atoms with Crippen LogP contribution in [0.1, 0.15) is 46.8 Å². The number of Topliss-reactive ketones (excluding diaryl/α,β-unsaturated/α-hetero) is 1. The van der Waals surface area contributed by atoms with Gasteiger partial charge in [-0.2, -0.15) is 0 Å². The van der Waals surface area contributed by atoms with E-state index in [0.717, 1.165) is 24.1 Å². The number of amides is 1. The monoisotopic (exact) mass is 451 g/mol. The molecule has 6 nitrogen and oxygen atoms in total. The van der Waals surface area contributed by atoms with E-state index in [9.17, 15) is 9.59 Å². The van der Waals surface area contributed by atoms with Crippen LogP contribution in [0.4, 0.5) is 10.5 Å². The molecule has 2 heterocycles. The third-order valence-corrected chi connectivity index (χ3v) is 6.54. The molecule has 0 aliphatic carbocycles. The second-order valence-electron chi connectivity index (χ2n) is 8.96. The van der Waals surface area contributed by atoms with Crippen molar-refractivity contribution in [1.82, 2.24) is 9.80 Å². The van der Waals surface area contributed by atoms with Crippen molar-refractivity contribution in [2.75, 3.05) is 25.0 Å². The molecule has 1 N–H and O–H groups in total. The van der Waals surface area contributed by atoms with Crippen LogP contribution >= 0.6 is 12.2 Å². The lowest BCUT2D eigenvalue weighted by atomic mass is 9.91. The number of hydrogen-bond acceptors (Lipinski definition) is 4. The van der Waals surface area contributed by atoms with Gasteiger partial charge in [0.25, 0.3) is 0 Å². The maximum atomic E-state index is 12.6. The molecule has 0 bridgehead atoms. The zero-order valence-corrected chi connectivity index (χ0v) is 19.6. The molecule has 2 aromatic carbocycles. The largest absolute Gasteiger partial charge is 0.441 e. The number of nitrogens with zero attached hydrogens (tertiary/aromatic N) is 2. The molecule has 2 aliphatic rings. The van der Waals surface area contributed by atoms with Crippen molar-refractivity contribution >= 4 is 34.9 Å². The number of rotatable bonds is 4. The number of piperidine rings is 1. The highest BCUT2D eigenvalue weighted by molar-refractivity contribution is 7.80. The molecule has 32 heavy (non-hydrogen) atoms. The van der Waals surface area contributed by atoms with Crippen molar-refractivity contribution in [3.05, 3.63) is 64.7 Å². The van der Waals surface area contributed by atoms with Gasteiger partial charge in [-0.3, -0.25) is 9.69 Å². The molecule has 0 unspecified atom stereocenters. The first-order chi connectivity index (χ1) is 15.2. The van der Waals surface area contributed by atoms with Crippen molar-refractivity contribution in [2.45, 2.75) is 45.8 Å². The Labute approximate surface area is 194 Å². The summed E-state index contributed by atoms with van der Waals surface area (Å²) in [6, 6.07) is 13.7. The molecule has 0 saturated carbocycles. The molecule has 2 aliphatic heterocycles. The van der Waals surface area contributed by atoms with Gasteiger partial charge in [0, 0.05) is 43.7 Å². The van der Waals surface area contributed by atoms with E-state index in [0.29, 0.717) is 36.9 Å². The van der Waals surface area contributed by atoms with Crippen LogP contribution in [-0.4, -0.2) is 52.0 Å². The van der Waals surface area contributed by atoms with Crippen LogP contribution in [0, 0.1) is 13.8 Å². The number of carbonyl (C=O) groups excluding carboxylic acids is 2. The molecule has 0 aromatic heterocycles. The van der Waals surface area contributed by atoms with E-state index in [1.54, 1.807) is 13.0 Å². The standard InChI is InChI=1S/C25H29N3O3S/c1-17-11-18(2)13-20(12-17)15-28-16-25(31-24(28)30)7-9-27(10-8-25)23(32)26-22-6-4-5-21(14-22)19(3)29/h4-6,11-14H,7-10,15-16H2,1-3H3,(H,26,32). The molecule has 0 atom stereocenters. The summed E-state index contributed by atoms with van der Waals surface area (Å²) in [5.41, 5.74) is 4.53. The lowest BCUT2D eigenvalue weighted by Gasteiger charge is -2.38. The minimum absolute atomic E-state index is 0.0212. The van der Waals surface area contributed by atoms with Crippen molar-refractivity contribution in [2.24, 2.45) is 0 Å². The first kappa shape index (κ1) is 22.3. The minimum Gasteiger partial charge on any atom is -0.441 e. The molecule has 7 heteroatoms. The van der Waals surface area contributed by atoms with Gasteiger partial charge >= 0.3 is 6.09 Å². The van der Waals surface area contributed by atoms with Crippen LogP contribution < -0.4 is 5.32 Å². The normalized spacial score (nSPS) is 17.4. The van der Waals surface area contributed by atoms with Crippen LogP contribution in [0.25, 0.3) is 0 Å². The number of ether oxygens (including phenoxy) is 1. The Balaban J connectivity index is 1.34. The molecule has 4 rings (SSSR count). The average molecular weight is 452 g/mol. The van der Waals surface area contributed by atoms with Gasteiger partial charge in [0.2, 0.25) is 0 Å². The topological polar surface area (TPSA) is 61.9 Å². The number of aryl methyl sites for hydroxylation is 2. The summed E-state index contributed by atoms with van der Waals surface area (Å²) in [5, 5.41) is 3.86. The van der Waals surface area contributed by atoms with Crippen molar-refractivity contribution in [1.29, 1.82) is 0 Å². The summed E-state index contributed by atoms with van der Waals surface area (Å²) >= 11 is 5.60. The summed E-state index contributed by atoms with van der Waals surface area (Å²) in [6.07, 6.45) is 1.23. The Bertz CT molecular complexity index is 1040. The smallest absolute Gasteiger partial charge is 0.410 e. The molecule has 2 aromatic rings. The van der Waals surface area contributed by atoms with E-state index in [1.165, 1.54) is 11.1 Å². The molecule has 1 spiro atoms. The highest BCUT2D eigenvalue weighted by atomic mass is 32.1. The minimum atomic E-state index is -0.448. The Hall–Kier alpha value is -2.93. The summed E-state index contributed by atoms with van der Waals surface area (Å²) in [5.74, 6) is 0.0212. The number of ketones is 1. The highest BCUT2D eigenvalue weighted by Crippen LogP contribution is 2.34. The van der Waals surface area contributed by atoms with Crippen LogP contribution in [0.3, 0.4) is 0 Å². The second-order valence-corrected chi connectivity index (χ2v) is 9.34. The summed E-state index contributed by atoms with van der Waals surface area (Å²) in [6.45, 7) is 8.29. The Morgan fingerprint density at radius 1 is 1.12 bits per heavy atom. The molecule has 168 valence electrons. The number of thiocarbonyl (C=S) groups is 1. The fraction of sp³-hybridized carbons (Fsp3) is 0.400. The number of anilines is 1.